The van der Waals surface area contributed by atoms with E-state index in [0.29, 0.717) is 22.5 Å². The number of carbonyl (C=O) groups is 1. The van der Waals surface area contributed by atoms with Gasteiger partial charge in [-0.05, 0) is 73.5 Å². The second-order valence-corrected chi connectivity index (χ2v) is 9.47. The van der Waals surface area contributed by atoms with E-state index in [2.05, 4.69) is 27.4 Å². The summed E-state index contributed by atoms with van der Waals surface area (Å²) < 4.78 is 0. The molecule has 0 aromatic heterocycles. The highest BCUT2D eigenvalue weighted by Crippen LogP contribution is 2.71. The Morgan fingerprint density at radius 1 is 1.05 bits per heavy atom. The number of hydrogen-bond donors (Lipinski definition) is 0. The van der Waals surface area contributed by atoms with E-state index in [1.165, 1.54) is 38.5 Å². The highest BCUT2D eigenvalue weighted by atomic mass is 16.1. The summed E-state index contributed by atoms with van der Waals surface area (Å²) in [7, 11) is 0. The van der Waals surface area contributed by atoms with Crippen molar-refractivity contribution in [1.82, 2.24) is 0 Å². The largest absolute Gasteiger partial charge is 0.299 e. The molecule has 4 aliphatic rings. The van der Waals surface area contributed by atoms with Crippen molar-refractivity contribution in [2.75, 3.05) is 0 Å². The zero-order valence-corrected chi connectivity index (χ0v) is 14.0. The van der Waals surface area contributed by atoms with Crippen LogP contribution in [0.1, 0.15) is 72.1 Å². The van der Waals surface area contributed by atoms with E-state index >= 15 is 0 Å². The molecule has 0 radical (unpaired) electrons. The Bertz CT molecular complexity index is 516. The lowest BCUT2D eigenvalue weighted by atomic mass is 9.41. The van der Waals surface area contributed by atoms with Gasteiger partial charge < -0.3 is 0 Å². The van der Waals surface area contributed by atoms with E-state index in [0.717, 1.165) is 24.7 Å². The zero-order chi connectivity index (χ0) is 15.0. The van der Waals surface area contributed by atoms with Gasteiger partial charge in [0.1, 0.15) is 5.78 Å². The predicted octanol–water partition coefficient (Wildman–Crippen LogP) is 5.15. The number of fused-ring (bicyclic) bond motifs is 3. The van der Waals surface area contributed by atoms with Crippen LogP contribution in [0, 0.1) is 34.0 Å². The number of Topliss-reactive ketones (excluding diaryl/α,β-unsaturated/α-hetero) is 1. The van der Waals surface area contributed by atoms with Crippen molar-refractivity contribution in [1.29, 1.82) is 0 Å². The van der Waals surface area contributed by atoms with Gasteiger partial charge in [0.2, 0.25) is 0 Å². The minimum atomic E-state index is -0.0962. The van der Waals surface area contributed by atoms with Crippen LogP contribution in [-0.4, -0.2) is 5.78 Å². The van der Waals surface area contributed by atoms with Crippen molar-refractivity contribution in [3.05, 3.63) is 12.2 Å². The van der Waals surface area contributed by atoms with Gasteiger partial charge in [-0.1, -0.05) is 32.9 Å². The van der Waals surface area contributed by atoms with Crippen LogP contribution in [0.2, 0.25) is 0 Å². The molecule has 1 spiro atoms. The zero-order valence-electron chi connectivity index (χ0n) is 14.0. The van der Waals surface area contributed by atoms with E-state index < -0.39 is 0 Å². The fraction of sp³-hybridized carbons (Fsp3) is 0.850. The summed E-state index contributed by atoms with van der Waals surface area (Å²) in [6, 6.07) is 0. The molecule has 2 bridgehead atoms. The van der Waals surface area contributed by atoms with E-state index in [4.69, 9.17) is 0 Å². The molecule has 21 heavy (non-hydrogen) atoms. The van der Waals surface area contributed by atoms with Crippen LogP contribution in [0.5, 0.6) is 0 Å². The number of hydrogen-bond acceptors (Lipinski definition) is 1. The van der Waals surface area contributed by atoms with Gasteiger partial charge in [-0.3, -0.25) is 4.79 Å². The number of ketones is 1. The Kier molecular flexibility index (Phi) is 2.69. The van der Waals surface area contributed by atoms with Gasteiger partial charge in [0.15, 0.2) is 0 Å². The first kappa shape index (κ1) is 14.0. The van der Waals surface area contributed by atoms with Crippen LogP contribution in [-0.2, 0) is 4.79 Å². The van der Waals surface area contributed by atoms with E-state index in [-0.39, 0.29) is 5.41 Å². The molecule has 0 saturated heterocycles. The molecule has 0 amide bonds. The van der Waals surface area contributed by atoms with Crippen molar-refractivity contribution >= 4 is 5.78 Å². The summed E-state index contributed by atoms with van der Waals surface area (Å²) in [5.41, 5.74) is 2.40. The van der Waals surface area contributed by atoms with Gasteiger partial charge in [0.05, 0.1) is 0 Å². The average Bonchev–Trinajstić information content (AvgIpc) is 2.65. The molecule has 5 atom stereocenters. The van der Waals surface area contributed by atoms with Crippen molar-refractivity contribution in [2.45, 2.75) is 72.1 Å². The Morgan fingerprint density at radius 2 is 1.81 bits per heavy atom. The van der Waals surface area contributed by atoms with Gasteiger partial charge in [-0.15, -0.1) is 0 Å². The van der Waals surface area contributed by atoms with Gasteiger partial charge >= 0.3 is 0 Å². The third-order valence-corrected chi connectivity index (χ3v) is 8.36. The second kappa shape index (κ2) is 4.03. The molecule has 1 heteroatoms. The third kappa shape index (κ3) is 1.61. The highest BCUT2D eigenvalue weighted by molar-refractivity contribution is 5.85. The van der Waals surface area contributed by atoms with Crippen molar-refractivity contribution < 1.29 is 4.79 Å². The molecule has 116 valence electrons. The minimum absolute atomic E-state index is 0.0962. The highest BCUT2D eigenvalue weighted by Gasteiger charge is 2.64. The van der Waals surface area contributed by atoms with E-state index in [9.17, 15) is 4.79 Å². The monoisotopic (exact) mass is 286 g/mol. The summed E-state index contributed by atoms with van der Waals surface area (Å²) in [5, 5.41) is 0. The normalized spacial score (nSPS) is 51.5. The lowest BCUT2D eigenvalue weighted by molar-refractivity contribution is -0.165. The van der Waals surface area contributed by atoms with Crippen LogP contribution in [0.15, 0.2) is 12.2 Å². The van der Waals surface area contributed by atoms with Crippen molar-refractivity contribution in [2.24, 2.45) is 34.0 Å². The summed E-state index contributed by atoms with van der Waals surface area (Å²) >= 11 is 0. The predicted molar refractivity (Wildman–Crippen MR) is 85.9 cm³/mol. The summed E-state index contributed by atoms with van der Waals surface area (Å²) in [4.78, 5) is 12.5. The number of carbonyl (C=O) groups excluding carboxylic acids is 1. The number of allylic oxidation sites excluding steroid dienone is 1. The molecule has 1 nitrogen and oxygen atoms in total. The van der Waals surface area contributed by atoms with Crippen molar-refractivity contribution in [3.63, 3.8) is 0 Å². The summed E-state index contributed by atoms with van der Waals surface area (Å²) in [6.45, 7) is 11.4. The molecule has 0 aliphatic heterocycles. The van der Waals surface area contributed by atoms with Crippen LogP contribution in [0.3, 0.4) is 0 Å². The topological polar surface area (TPSA) is 17.1 Å². The average molecular weight is 286 g/mol. The molecule has 0 aromatic rings. The lowest BCUT2D eigenvalue weighted by Crippen LogP contribution is -2.58. The number of rotatable bonds is 0. The Hall–Kier alpha value is -0.590. The van der Waals surface area contributed by atoms with Crippen LogP contribution in [0.25, 0.3) is 0 Å². The van der Waals surface area contributed by atoms with Crippen molar-refractivity contribution in [3.8, 4) is 0 Å². The van der Waals surface area contributed by atoms with Gasteiger partial charge in [0, 0.05) is 11.8 Å². The SMILES string of the molecule is C=C1CC23CCC4C(C)(C)C(=O)CCC4(C)C2CCC1C3. The van der Waals surface area contributed by atoms with E-state index in [1.807, 2.05) is 0 Å². The van der Waals surface area contributed by atoms with Gasteiger partial charge in [-0.25, -0.2) is 0 Å². The molecular formula is C20H30O. The summed E-state index contributed by atoms with van der Waals surface area (Å²) in [6.07, 6.45) is 10.0. The van der Waals surface area contributed by atoms with Crippen LogP contribution in [0.4, 0.5) is 0 Å². The third-order valence-electron chi connectivity index (χ3n) is 8.36. The van der Waals surface area contributed by atoms with Crippen LogP contribution < -0.4 is 0 Å². The Morgan fingerprint density at radius 3 is 2.57 bits per heavy atom. The molecule has 4 fully saturated rings. The fourth-order valence-electron chi connectivity index (χ4n) is 7.38. The molecule has 4 aliphatic carbocycles. The quantitative estimate of drug-likeness (QED) is 0.562. The smallest absolute Gasteiger partial charge is 0.138 e. The molecule has 4 saturated carbocycles. The molecule has 0 N–H and O–H groups in total. The van der Waals surface area contributed by atoms with Gasteiger partial charge in [0.25, 0.3) is 0 Å². The first-order valence-electron chi connectivity index (χ1n) is 9.01. The minimum Gasteiger partial charge on any atom is -0.299 e. The molecule has 0 aromatic carbocycles. The first-order valence-corrected chi connectivity index (χ1v) is 9.01. The van der Waals surface area contributed by atoms with E-state index in [1.54, 1.807) is 5.57 Å². The van der Waals surface area contributed by atoms with Crippen LogP contribution >= 0.6 is 0 Å². The lowest BCUT2D eigenvalue weighted by Gasteiger charge is -2.63. The molecule has 5 unspecified atom stereocenters. The Balaban J connectivity index is 1.75. The molecular weight excluding hydrogens is 256 g/mol. The second-order valence-electron chi connectivity index (χ2n) is 9.47. The Labute approximate surface area is 129 Å². The fourth-order valence-corrected chi connectivity index (χ4v) is 7.38. The maximum atomic E-state index is 12.5. The molecule has 4 rings (SSSR count). The summed E-state index contributed by atoms with van der Waals surface area (Å²) in [5.74, 6) is 2.78. The standard InChI is InChI=1S/C20H30O/c1-13-11-20-10-7-15-18(2,3)17(21)8-9-19(15,4)16(20)6-5-14(13)12-20/h14-16H,1,5-12H2,2-4H3. The first-order chi connectivity index (χ1) is 9.80. The maximum absolute atomic E-state index is 12.5. The van der Waals surface area contributed by atoms with Gasteiger partial charge in [-0.2, -0.15) is 0 Å². The maximum Gasteiger partial charge on any atom is 0.138 e. The molecule has 0 heterocycles.